The fourth-order valence-electron chi connectivity index (χ4n) is 2.43. The van der Waals surface area contributed by atoms with E-state index in [1.165, 1.54) is 24.8 Å². The molecular weight excluding hydrogens is 354 g/mol. The van der Waals surface area contributed by atoms with Crippen LogP contribution in [0, 0.1) is 16.0 Å². The summed E-state index contributed by atoms with van der Waals surface area (Å²) in [6.45, 7) is 6.03. The number of nitrogens with zero attached hydrogens (tertiary/aromatic N) is 1. The molecular formula is C19H27NO5S. The molecule has 0 heterocycles. The highest BCUT2D eigenvalue weighted by Crippen LogP contribution is 2.30. The number of carbonyl (C=O) groups is 2. The number of unbranched alkanes of at least 4 members (excludes halogenated alkanes) is 1. The molecule has 0 saturated carbocycles. The molecule has 0 aliphatic carbocycles. The lowest BCUT2D eigenvalue weighted by Crippen LogP contribution is -2.14. The van der Waals surface area contributed by atoms with E-state index in [0.717, 1.165) is 25.7 Å². The third-order valence-corrected chi connectivity index (χ3v) is 5.21. The lowest BCUT2D eigenvalue weighted by molar-refractivity contribution is -0.387. The molecule has 0 unspecified atom stereocenters. The maximum atomic E-state index is 11.9. The number of thioether (sulfide) groups is 1. The zero-order valence-electron chi connectivity index (χ0n) is 15.7. The normalized spacial score (nSPS) is 11.8. The quantitative estimate of drug-likeness (QED) is 0.166. The molecule has 0 saturated heterocycles. The van der Waals surface area contributed by atoms with Crippen molar-refractivity contribution in [1.29, 1.82) is 0 Å². The summed E-state index contributed by atoms with van der Waals surface area (Å²) >= 11 is 1.22. The Morgan fingerprint density at radius 1 is 1.31 bits per heavy atom. The first-order valence-electron chi connectivity index (χ1n) is 8.96. The van der Waals surface area contributed by atoms with Crippen LogP contribution in [-0.4, -0.2) is 29.0 Å². The summed E-state index contributed by atoms with van der Waals surface area (Å²) in [6, 6.07) is 4.40. The lowest BCUT2D eigenvalue weighted by Gasteiger charge is -2.14. The first-order valence-corrected chi connectivity index (χ1v) is 9.95. The van der Waals surface area contributed by atoms with Gasteiger partial charge < -0.3 is 4.74 Å². The Hall–Kier alpha value is -1.89. The molecule has 6 nitrogen and oxygen atoms in total. The van der Waals surface area contributed by atoms with Gasteiger partial charge in [-0.3, -0.25) is 19.7 Å². The number of benzene rings is 1. The number of hydrogen-bond donors (Lipinski definition) is 0. The molecule has 0 aliphatic rings. The molecule has 0 spiro atoms. The van der Waals surface area contributed by atoms with Crippen molar-refractivity contribution < 1.29 is 19.2 Å². The molecule has 26 heavy (non-hydrogen) atoms. The maximum Gasteiger partial charge on any atom is 0.306 e. The van der Waals surface area contributed by atoms with Crippen LogP contribution in [0.5, 0.6) is 0 Å². The number of ketones is 1. The van der Waals surface area contributed by atoms with Gasteiger partial charge in [-0.2, -0.15) is 0 Å². The van der Waals surface area contributed by atoms with Crippen LogP contribution in [0.15, 0.2) is 23.1 Å². The van der Waals surface area contributed by atoms with Crippen molar-refractivity contribution in [2.75, 3.05) is 12.4 Å². The summed E-state index contributed by atoms with van der Waals surface area (Å²) in [5.41, 5.74) is 0.194. The minimum atomic E-state index is -0.507. The third-order valence-electron chi connectivity index (χ3n) is 4.15. The van der Waals surface area contributed by atoms with Crippen molar-refractivity contribution in [3.63, 3.8) is 0 Å². The van der Waals surface area contributed by atoms with Gasteiger partial charge in [-0.15, -0.1) is 11.8 Å². The van der Waals surface area contributed by atoms with Crippen LogP contribution in [-0.2, 0) is 9.53 Å². The Bertz CT molecular complexity index is 632. The summed E-state index contributed by atoms with van der Waals surface area (Å²) in [7, 11) is 0. The SMILES string of the molecule is CCCC[C@H](CC)COC(=O)CCSc1ccc(C(C)=O)cc1[N+](=O)[O-]. The topological polar surface area (TPSA) is 86.5 Å². The second kappa shape index (κ2) is 11.7. The van der Waals surface area contributed by atoms with Gasteiger partial charge in [0.15, 0.2) is 5.78 Å². The Balaban J connectivity index is 2.50. The van der Waals surface area contributed by atoms with Crippen molar-refractivity contribution in [2.45, 2.75) is 57.8 Å². The summed E-state index contributed by atoms with van der Waals surface area (Å²) in [6.07, 6.45) is 4.50. The van der Waals surface area contributed by atoms with E-state index >= 15 is 0 Å². The van der Waals surface area contributed by atoms with Gasteiger partial charge in [0.25, 0.3) is 5.69 Å². The lowest BCUT2D eigenvalue weighted by atomic mass is 10.0. The van der Waals surface area contributed by atoms with Gasteiger partial charge in [-0.1, -0.05) is 33.1 Å². The fourth-order valence-corrected chi connectivity index (χ4v) is 3.36. The largest absolute Gasteiger partial charge is 0.465 e. The molecule has 1 rings (SSSR count). The highest BCUT2D eigenvalue weighted by atomic mass is 32.2. The second-order valence-electron chi connectivity index (χ2n) is 6.19. The molecule has 0 aliphatic heterocycles. The Labute approximate surface area is 158 Å². The van der Waals surface area contributed by atoms with Crippen LogP contribution < -0.4 is 0 Å². The first-order chi connectivity index (χ1) is 12.4. The number of rotatable bonds is 12. The van der Waals surface area contributed by atoms with Crippen molar-refractivity contribution in [3.05, 3.63) is 33.9 Å². The van der Waals surface area contributed by atoms with Gasteiger partial charge in [-0.25, -0.2) is 0 Å². The van der Waals surface area contributed by atoms with E-state index in [4.69, 9.17) is 4.74 Å². The summed E-state index contributed by atoms with van der Waals surface area (Å²) < 4.78 is 5.33. The average molecular weight is 381 g/mol. The number of nitro groups is 1. The number of Topliss-reactive ketones (excluding diaryl/α,β-unsaturated/α-hetero) is 1. The predicted octanol–water partition coefficient (Wildman–Crippen LogP) is 5.04. The predicted molar refractivity (Wildman–Crippen MR) is 103 cm³/mol. The zero-order chi connectivity index (χ0) is 19.5. The molecule has 0 aromatic heterocycles. The minimum Gasteiger partial charge on any atom is -0.465 e. The van der Waals surface area contributed by atoms with Crippen LogP contribution in [0.1, 0.15) is 63.2 Å². The molecule has 1 atom stereocenters. The molecule has 0 N–H and O–H groups in total. The molecule has 0 radical (unpaired) electrons. The average Bonchev–Trinajstić information content (AvgIpc) is 2.61. The number of ether oxygens (including phenoxy) is 1. The monoisotopic (exact) mass is 381 g/mol. The maximum absolute atomic E-state index is 11.9. The van der Waals surface area contributed by atoms with Gasteiger partial charge in [0.1, 0.15) is 0 Å². The van der Waals surface area contributed by atoms with Gasteiger partial charge in [0.2, 0.25) is 0 Å². The molecule has 1 aromatic rings. The molecule has 1 aromatic carbocycles. The van der Waals surface area contributed by atoms with Crippen LogP contribution in [0.2, 0.25) is 0 Å². The van der Waals surface area contributed by atoms with Gasteiger partial charge in [0.05, 0.1) is 22.8 Å². The Morgan fingerprint density at radius 3 is 2.62 bits per heavy atom. The van der Waals surface area contributed by atoms with E-state index in [9.17, 15) is 19.7 Å². The van der Waals surface area contributed by atoms with Crippen molar-refractivity contribution >= 4 is 29.2 Å². The van der Waals surface area contributed by atoms with E-state index in [1.807, 2.05) is 0 Å². The highest BCUT2D eigenvalue weighted by Gasteiger charge is 2.17. The van der Waals surface area contributed by atoms with E-state index in [-0.39, 0.29) is 23.9 Å². The molecule has 7 heteroatoms. The van der Waals surface area contributed by atoms with Crippen molar-refractivity contribution in [1.82, 2.24) is 0 Å². The summed E-state index contributed by atoms with van der Waals surface area (Å²) in [4.78, 5) is 34.4. The van der Waals surface area contributed by atoms with E-state index in [0.29, 0.717) is 28.7 Å². The van der Waals surface area contributed by atoms with E-state index in [1.54, 1.807) is 12.1 Å². The zero-order valence-corrected chi connectivity index (χ0v) is 16.5. The summed E-state index contributed by atoms with van der Waals surface area (Å²) in [5, 5.41) is 11.2. The van der Waals surface area contributed by atoms with E-state index < -0.39 is 4.92 Å². The van der Waals surface area contributed by atoms with Crippen molar-refractivity contribution in [2.24, 2.45) is 5.92 Å². The van der Waals surface area contributed by atoms with Gasteiger partial charge >= 0.3 is 5.97 Å². The van der Waals surface area contributed by atoms with Crippen LogP contribution >= 0.6 is 11.8 Å². The highest BCUT2D eigenvalue weighted by molar-refractivity contribution is 7.99. The standard InChI is InChI=1S/C19H27NO5S/c1-4-6-7-15(5-2)13-25-19(22)10-11-26-18-9-8-16(14(3)21)12-17(18)20(23)24/h8-9,12,15H,4-7,10-11,13H2,1-3H3/t15-/m0/s1. The number of nitro benzene ring substituents is 1. The molecule has 0 fully saturated rings. The van der Waals surface area contributed by atoms with Gasteiger partial charge in [-0.05, 0) is 31.4 Å². The molecule has 144 valence electrons. The third kappa shape index (κ3) is 7.56. The van der Waals surface area contributed by atoms with E-state index in [2.05, 4.69) is 13.8 Å². The number of hydrogen-bond acceptors (Lipinski definition) is 6. The molecule has 0 bridgehead atoms. The van der Waals surface area contributed by atoms with Crippen LogP contribution in [0.3, 0.4) is 0 Å². The first kappa shape index (κ1) is 22.2. The molecule has 0 amide bonds. The Kier molecular flexibility index (Phi) is 9.95. The van der Waals surface area contributed by atoms with Crippen LogP contribution in [0.4, 0.5) is 5.69 Å². The Morgan fingerprint density at radius 2 is 2.04 bits per heavy atom. The smallest absolute Gasteiger partial charge is 0.306 e. The fraction of sp³-hybridized carbons (Fsp3) is 0.579. The summed E-state index contributed by atoms with van der Waals surface area (Å²) in [5.74, 6) is 0.286. The second-order valence-corrected chi connectivity index (χ2v) is 7.33. The number of esters is 1. The number of carbonyl (C=O) groups excluding carboxylic acids is 2. The van der Waals surface area contributed by atoms with Crippen molar-refractivity contribution in [3.8, 4) is 0 Å². The van der Waals surface area contributed by atoms with Crippen LogP contribution in [0.25, 0.3) is 0 Å². The van der Waals surface area contributed by atoms with Gasteiger partial charge in [0, 0.05) is 17.4 Å². The minimum absolute atomic E-state index is 0.110.